The number of nitrogens with one attached hydrogen (secondary N) is 1. The highest BCUT2D eigenvalue weighted by Gasteiger charge is 1.96. The molecule has 2 aromatic rings. The molecule has 0 amide bonds. The molecule has 15 heavy (non-hydrogen) atoms. The van der Waals surface area contributed by atoms with Crippen molar-refractivity contribution < 1.29 is 0 Å². The molecule has 1 aromatic heterocycles. The third kappa shape index (κ3) is 2.41. The predicted molar refractivity (Wildman–Crippen MR) is 58.7 cm³/mol. The van der Waals surface area contributed by atoms with Gasteiger partial charge in [-0.25, -0.2) is 9.67 Å². The first-order valence-corrected chi connectivity index (χ1v) is 5.05. The second kappa shape index (κ2) is 4.70. The van der Waals surface area contributed by atoms with E-state index < -0.39 is 0 Å². The van der Waals surface area contributed by atoms with Gasteiger partial charge in [0.05, 0.1) is 5.69 Å². The van der Waals surface area contributed by atoms with Crippen LogP contribution in [-0.4, -0.2) is 21.3 Å². The zero-order valence-electron chi connectivity index (χ0n) is 8.72. The van der Waals surface area contributed by atoms with Crippen LogP contribution in [0.4, 0.5) is 0 Å². The van der Waals surface area contributed by atoms with E-state index in [1.54, 1.807) is 11.0 Å². The lowest BCUT2D eigenvalue weighted by Gasteiger charge is -2.04. The normalized spacial score (nSPS) is 10.5. The van der Waals surface area contributed by atoms with Crippen molar-refractivity contribution in [2.45, 2.75) is 13.5 Å². The van der Waals surface area contributed by atoms with E-state index in [4.69, 9.17) is 0 Å². The zero-order chi connectivity index (χ0) is 10.5. The van der Waals surface area contributed by atoms with Crippen molar-refractivity contribution in [2.75, 3.05) is 6.54 Å². The smallest absolute Gasteiger partial charge is 0.138 e. The van der Waals surface area contributed by atoms with Crippen molar-refractivity contribution >= 4 is 0 Å². The van der Waals surface area contributed by atoms with Crippen LogP contribution in [0.25, 0.3) is 5.69 Å². The summed E-state index contributed by atoms with van der Waals surface area (Å²) in [5, 5.41) is 7.35. The molecule has 0 fully saturated rings. The molecule has 0 saturated heterocycles. The summed E-state index contributed by atoms with van der Waals surface area (Å²) < 4.78 is 1.75. The third-order valence-electron chi connectivity index (χ3n) is 2.20. The first-order chi connectivity index (χ1) is 7.40. The SMILES string of the molecule is CCNCc1ccc(-n2cncn2)cc1. The summed E-state index contributed by atoms with van der Waals surface area (Å²) in [6, 6.07) is 8.28. The minimum Gasteiger partial charge on any atom is -0.313 e. The topological polar surface area (TPSA) is 42.7 Å². The highest BCUT2D eigenvalue weighted by atomic mass is 15.3. The van der Waals surface area contributed by atoms with Crippen LogP contribution in [0.15, 0.2) is 36.9 Å². The van der Waals surface area contributed by atoms with E-state index in [2.05, 4.69) is 34.5 Å². The summed E-state index contributed by atoms with van der Waals surface area (Å²) in [5.41, 5.74) is 2.31. The fourth-order valence-corrected chi connectivity index (χ4v) is 1.38. The standard InChI is InChI=1S/C11H14N4/c1-2-12-7-10-3-5-11(6-4-10)15-9-13-8-14-15/h3-6,8-9,12H,2,7H2,1H3. The van der Waals surface area contributed by atoms with E-state index in [0.717, 1.165) is 18.8 Å². The summed E-state index contributed by atoms with van der Waals surface area (Å²) >= 11 is 0. The van der Waals surface area contributed by atoms with Gasteiger partial charge in [0, 0.05) is 6.54 Å². The molecule has 78 valence electrons. The Morgan fingerprint density at radius 1 is 1.27 bits per heavy atom. The minimum atomic E-state index is 0.911. The fourth-order valence-electron chi connectivity index (χ4n) is 1.38. The second-order valence-electron chi connectivity index (χ2n) is 3.29. The van der Waals surface area contributed by atoms with Gasteiger partial charge in [-0.05, 0) is 24.2 Å². The van der Waals surface area contributed by atoms with Crippen LogP contribution in [0.1, 0.15) is 12.5 Å². The van der Waals surface area contributed by atoms with E-state index in [-0.39, 0.29) is 0 Å². The Morgan fingerprint density at radius 3 is 2.67 bits per heavy atom. The van der Waals surface area contributed by atoms with Crippen LogP contribution in [0.2, 0.25) is 0 Å². The number of hydrogen-bond acceptors (Lipinski definition) is 3. The summed E-state index contributed by atoms with van der Waals surface area (Å²) in [5.74, 6) is 0. The average Bonchev–Trinajstić information content (AvgIpc) is 2.80. The van der Waals surface area contributed by atoms with Gasteiger partial charge in [-0.3, -0.25) is 0 Å². The molecule has 0 aliphatic carbocycles. The van der Waals surface area contributed by atoms with Crippen LogP contribution >= 0.6 is 0 Å². The monoisotopic (exact) mass is 202 g/mol. The molecule has 0 bridgehead atoms. The Bertz CT molecular complexity index is 391. The molecule has 0 unspecified atom stereocenters. The van der Waals surface area contributed by atoms with E-state index in [0.29, 0.717) is 0 Å². The summed E-state index contributed by atoms with van der Waals surface area (Å²) in [7, 11) is 0. The Balaban J connectivity index is 2.11. The number of aromatic nitrogens is 3. The number of benzene rings is 1. The van der Waals surface area contributed by atoms with E-state index in [1.807, 2.05) is 12.1 Å². The first-order valence-electron chi connectivity index (χ1n) is 5.05. The fraction of sp³-hybridized carbons (Fsp3) is 0.273. The van der Waals surface area contributed by atoms with Crippen LogP contribution in [0.5, 0.6) is 0 Å². The van der Waals surface area contributed by atoms with Crippen LogP contribution in [0, 0.1) is 0 Å². The van der Waals surface area contributed by atoms with Gasteiger partial charge >= 0.3 is 0 Å². The third-order valence-corrected chi connectivity index (χ3v) is 2.20. The van der Waals surface area contributed by atoms with Gasteiger partial charge in [0.2, 0.25) is 0 Å². The van der Waals surface area contributed by atoms with Crippen LogP contribution in [-0.2, 0) is 6.54 Å². The van der Waals surface area contributed by atoms with Gasteiger partial charge in [-0.1, -0.05) is 19.1 Å². The summed E-state index contributed by atoms with van der Waals surface area (Å²) in [4.78, 5) is 3.91. The van der Waals surface area contributed by atoms with Gasteiger partial charge in [-0.2, -0.15) is 5.10 Å². The van der Waals surface area contributed by atoms with Gasteiger partial charge in [-0.15, -0.1) is 0 Å². The lowest BCUT2D eigenvalue weighted by atomic mass is 10.2. The molecule has 0 aliphatic rings. The molecule has 0 saturated carbocycles. The second-order valence-corrected chi connectivity index (χ2v) is 3.29. The zero-order valence-corrected chi connectivity index (χ0v) is 8.72. The first kappa shape index (κ1) is 9.86. The predicted octanol–water partition coefficient (Wildman–Crippen LogP) is 1.38. The van der Waals surface area contributed by atoms with Crippen molar-refractivity contribution in [3.05, 3.63) is 42.5 Å². The van der Waals surface area contributed by atoms with Crippen molar-refractivity contribution in [1.29, 1.82) is 0 Å². The van der Waals surface area contributed by atoms with Gasteiger partial charge < -0.3 is 5.32 Å². The van der Waals surface area contributed by atoms with Crippen molar-refractivity contribution in [1.82, 2.24) is 20.1 Å². The molecule has 1 aromatic carbocycles. The molecule has 0 atom stereocenters. The summed E-state index contributed by atoms with van der Waals surface area (Å²) in [6.07, 6.45) is 3.23. The van der Waals surface area contributed by atoms with Gasteiger partial charge in [0.25, 0.3) is 0 Å². The number of rotatable bonds is 4. The Morgan fingerprint density at radius 2 is 2.07 bits per heavy atom. The maximum absolute atomic E-state index is 4.07. The highest BCUT2D eigenvalue weighted by Crippen LogP contribution is 2.07. The molecule has 1 N–H and O–H groups in total. The van der Waals surface area contributed by atoms with E-state index in [1.165, 1.54) is 11.9 Å². The Kier molecular flexibility index (Phi) is 3.09. The van der Waals surface area contributed by atoms with E-state index in [9.17, 15) is 0 Å². The molecule has 0 aliphatic heterocycles. The largest absolute Gasteiger partial charge is 0.313 e. The van der Waals surface area contributed by atoms with Crippen LogP contribution in [0.3, 0.4) is 0 Å². The Hall–Kier alpha value is -1.68. The molecule has 4 heteroatoms. The maximum Gasteiger partial charge on any atom is 0.138 e. The summed E-state index contributed by atoms with van der Waals surface area (Å²) in [6.45, 7) is 4.00. The minimum absolute atomic E-state index is 0.911. The van der Waals surface area contributed by atoms with Crippen molar-refractivity contribution in [3.8, 4) is 5.69 Å². The molecule has 2 rings (SSSR count). The molecule has 1 heterocycles. The van der Waals surface area contributed by atoms with Crippen LogP contribution < -0.4 is 5.32 Å². The van der Waals surface area contributed by atoms with E-state index >= 15 is 0 Å². The molecule has 0 spiro atoms. The van der Waals surface area contributed by atoms with Crippen molar-refractivity contribution in [3.63, 3.8) is 0 Å². The number of nitrogens with zero attached hydrogens (tertiary/aromatic N) is 3. The van der Waals surface area contributed by atoms with Gasteiger partial charge in [0.15, 0.2) is 0 Å². The number of hydrogen-bond donors (Lipinski definition) is 1. The average molecular weight is 202 g/mol. The van der Waals surface area contributed by atoms with Crippen molar-refractivity contribution in [2.24, 2.45) is 0 Å². The molecular weight excluding hydrogens is 188 g/mol. The highest BCUT2D eigenvalue weighted by molar-refractivity contribution is 5.33. The lowest BCUT2D eigenvalue weighted by molar-refractivity contribution is 0.726. The Labute approximate surface area is 89.0 Å². The molecular formula is C11H14N4. The lowest BCUT2D eigenvalue weighted by Crippen LogP contribution is -2.11. The quantitative estimate of drug-likeness (QED) is 0.814. The van der Waals surface area contributed by atoms with Gasteiger partial charge in [0.1, 0.15) is 12.7 Å². The maximum atomic E-state index is 4.07. The molecule has 0 radical (unpaired) electrons. The molecule has 4 nitrogen and oxygen atoms in total.